The maximum Gasteiger partial charge on any atom is 0.189 e. The van der Waals surface area contributed by atoms with E-state index in [9.17, 15) is 0 Å². The molecule has 0 bridgehead atoms. The Balaban J connectivity index is 1.18. The topological polar surface area (TPSA) is 83.1 Å². The quantitative estimate of drug-likeness (QED) is 0.0255. The van der Waals surface area contributed by atoms with Gasteiger partial charge in [-0.1, -0.05) is 0 Å². The van der Waals surface area contributed by atoms with Gasteiger partial charge >= 0.3 is 0 Å². The molecular formula is C48H45I6O9S+. The van der Waals surface area contributed by atoms with Crippen molar-refractivity contribution in [1.29, 1.82) is 0 Å². The Morgan fingerprint density at radius 2 is 0.578 bits per heavy atom. The molecule has 0 heterocycles. The van der Waals surface area contributed by atoms with Crippen molar-refractivity contribution in [2.75, 3.05) is 40.2 Å². The highest BCUT2D eigenvalue weighted by Gasteiger charge is 2.29. The van der Waals surface area contributed by atoms with Crippen molar-refractivity contribution in [2.45, 2.75) is 55.3 Å². The summed E-state index contributed by atoms with van der Waals surface area (Å²) in [5, 5.41) is 0. The third kappa shape index (κ3) is 15.4. The van der Waals surface area contributed by atoms with Crippen molar-refractivity contribution in [3.05, 3.63) is 147 Å². The zero-order chi connectivity index (χ0) is 45.4. The SMILES string of the molecule is CCOCOc1c(I)cc(COc2ccc([S+](c3ccc(OCc4cc(I)c(OCOCC)c(I)c4)cc3)c3ccc(OCc4cc(I)c(OCOCC)c(I)c4)cc3)cc2)cc1I. The van der Waals surface area contributed by atoms with Gasteiger partial charge in [0.05, 0.1) is 32.3 Å². The maximum absolute atomic E-state index is 6.30. The monoisotopic (exact) mass is 1560 g/mol. The van der Waals surface area contributed by atoms with Gasteiger partial charge in [0, 0.05) is 19.8 Å². The molecule has 0 radical (unpaired) electrons. The number of hydrogen-bond acceptors (Lipinski definition) is 9. The normalized spacial score (nSPS) is 11.2. The van der Waals surface area contributed by atoms with Crippen LogP contribution in [0.1, 0.15) is 37.5 Å². The molecule has 0 aliphatic heterocycles. The Labute approximate surface area is 460 Å². The van der Waals surface area contributed by atoms with Gasteiger partial charge in [0.1, 0.15) is 54.3 Å². The van der Waals surface area contributed by atoms with Crippen molar-refractivity contribution < 1.29 is 42.6 Å². The van der Waals surface area contributed by atoms with Crippen LogP contribution in [0.3, 0.4) is 0 Å². The molecule has 0 aliphatic carbocycles. The number of benzene rings is 6. The van der Waals surface area contributed by atoms with Gasteiger partial charge in [0.2, 0.25) is 0 Å². The summed E-state index contributed by atoms with van der Waals surface area (Å²) < 4.78 is 58.7. The minimum Gasteiger partial charge on any atom is -0.489 e. The van der Waals surface area contributed by atoms with E-state index in [1.165, 1.54) is 0 Å². The van der Waals surface area contributed by atoms with Crippen LogP contribution in [0.2, 0.25) is 0 Å². The van der Waals surface area contributed by atoms with E-state index in [1.54, 1.807) is 0 Å². The summed E-state index contributed by atoms with van der Waals surface area (Å²) in [4.78, 5) is 3.46. The van der Waals surface area contributed by atoms with Crippen molar-refractivity contribution in [1.82, 2.24) is 0 Å². The van der Waals surface area contributed by atoms with E-state index < -0.39 is 10.9 Å². The van der Waals surface area contributed by atoms with Crippen LogP contribution in [-0.4, -0.2) is 40.2 Å². The van der Waals surface area contributed by atoms with Crippen molar-refractivity contribution in [3.8, 4) is 34.5 Å². The second-order valence-electron chi connectivity index (χ2n) is 13.5. The minimum absolute atomic E-state index is 0.226. The summed E-state index contributed by atoms with van der Waals surface area (Å²) in [7, 11) is -0.442. The van der Waals surface area contributed by atoms with Crippen molar-refractivity contribution >= 4 is 146 Å². The highest BCUT2D eigenvalue weighted by atomic mass is 127. The summed E-state index contributed by atoms with van der Waals surface area (Å²) in [6, 6.07) is 37.7. The van der Waals surface area contributed by atoms with E-state index in [4.69, 9.17) is 42.6 Å². The summed E-state index contributed by atoms with van der Waals surface area (Å²) in [5.41, 5.74) is 3.19. The summed E-state index contributed by atoms with van der Waals surface area (Å²) >= 11 is 13.8. The smallest absolute Gasteiger partial charge is 0.189 e. The number of hydrogen-bond donors (Lipinski definition) is 0. The summed E-state index contributed by atoms with van der Waals surface area (Å²) in [6.07, 6.45) is 0. The molecule has 0 unspecified atom stereocenters. The van der Waals surface area contributed by atoms with E-state index in [2.05, 4.69) is 208 Å². The number of halogens is 6. The second kappa shape index (κ2) is 27.1. The molecular weight excluding hydrogens is 1510 g/mol. The second-order valence-corrected chi connectivity index (χ2v) is 22.5. The average molecular weight is 1560 g/mol. The minimum atomic E-state index is -0.442. The van der Waals surface area contributed by atoms with E-state index in [0.717, 1.165) is 87.3 Å². The van der Waals surface area contributed by atoms with Gasteiger partial charge in [-0.05, 0) is 282 Å². The molecule has 0 atom stereocenters. The lowest BCUT2D eigenvalue weighted by Crippen LogP contribution is -2.07. The van der Waals surface area contributed by atoms with Crippen LogP contribution in [0.25, 0.3) is 0 Å². The number of ether oxygens (including phenoxy) is 9. The Kier molecular flexibility index (Phi) is 22.0. The lowest BCUT2D eigenvalue weighted by Gasteiger charge is -2.14. The Bertz CT molecular complexity index is 2080. The molecule has 0 saturated heterocycles. The van der Waals surface area contributed by atoms with Gasteiger partial charge in [-0.3, -0.25) is 0 Å². The molecule has 9 nitrogen and oxygen atoms in total. The third-order valence-electron chi connectivity index (χ3n) is 9.04. The Hall–Kier alpha value is -1.27. The molecule has 6 rings (SSSR count). The molecule has 0 spiro atoms. The van der Waals surface area contributed by atoms with E-state index in [0.29, 0.717) is 39.6 Å². The van der Waals surface area contributed by atoms with E-state index >= 15 is 0 Å². The van der Waals surface area contributed by atoms with Gasteiger partial charge in [-0.15, -0.1) is 0 Å². The Morgan fingerprint density at radius 3 is 0.797 bits per heavy atom. The summed E-state index contributed by atoms with van der Waals surface area (Å²) in [5.74, 6) is 4.85. The van der Waals surface area contributed by atoms with E-state index in [-0.39, 0.29) is 20.4 Å². The molecule has 6 aromatic rings. The fourth-order valence-corrected chi connectivity index (χ4v) is 14.6. The molecule has 16 heteroatoms. The lowest BCUT2D eigenvalue weighted by atomic mass is 10.2. The number of rotatable bonds is 24. The molecule has 6 aromatic carbocycles. The zero-order valence-electron chi connectivity index (χ0n) is 35.1. The highest BCUT2D eigenvalue weighted by molar-refractivity contribution is 14.1. The average Bonchev–Trinajstić information content (AvgIpc) is 3.28. The molecule has 0 amide bonds. The van der Waals surface area contributed by atoms with Crippen LogP contribution in [0.5, 0.6) is 34.5 Å². The largest absolute Gasteiger partial charge is 0.489 e. The van der Waals surface area contributed by atoms with Crippen LogP contribution in [0.4, 0.5) is 0 Å². The molecule has 0 N–H and O–H groups in total. The van der Waals surface area contributed by atoms with Crippen LogP contribution >= 0.6 is 136 Å². The molecule has 0 saturated carbocycles. The molecule has 0 aliphatic rings. The first-order valence-electron chi connectivity index (χ1n) is 20.0. The van der Waals surface area contributed by atoms with Gasteiger partial charge in [0.25, 0.3) is 0 Å². The predicted molar refractivity (Wildman–Crippen MR) is 301 cm³/mol. The van der Waals surface area contributed by atoms with Gasteiger partial charge in [0.15, 0.2) is 35.1 Å². The van der Waals surface area contributed by atoms with Crippen molar-refractivity contribution in [3.63, 3.8) is 0 Å². The molecule has 0 fully saturated rings. The van der Waals surface area contributed by atoms with Crippen LogP contribution in [0, 0.1) is 21.4 Å². The first-order chi connectivity index (χ1) is 31.1. The Morgan fingerprint density at radius 1 is 0.344 bits per heavy atom. The molecule has 338 valence electrons. The van der Waals surface area contributed by atoms with Gasteiger partial charge in [-0.2, -0.15) is 0 Å². The first kappa shape index (κ1) is 52.1. The zero-order valence-corrected chi connectivity index (χ0v) is 48.9. The van der Waals surface area contributed by atoms with Crippen molar-refractivity contribution in [2.24, 2.45) is 0 Å². The highest BCUT2D eigenvalue weighted by Crippen LogP contribution is 2.36. The standard InChI is InChI=1S/C48H45I6O9S/c1-4-55-28-61-46-40(49)19-31(20-41(46)50)25-58-34-7-13-37(14-8-34)64(38-15-9-35(10-16-38)59-26-32-21-42(51)47(43(52)22-32)62-29-56-5-2)39-17-11-36(12-18-39)60-27-33-23-44(53)48(45(54)24-33)63-30-57-6-3/h7-24H,4-6,25-30H2,1-3H3/q+1. The van der Waals surface area contributed by atoms with Crippen LogP contribution < -0.4 is 28.4 Å². The van der Waals surface area contributed by atoms with Gasteiger partial charge < -0.3 is 42.6 Å². The van der Waals surface area contributed by atoms with Gasteiger partial charge in [-0.25, -0.2) is 0 Å². The fourth-order valence-electron chi connectivity index (χ4n) is 5.98. The predicted octanol–water partition coefficient (Wildman–Crippen LogP) is 14.3. The summed E-state index contributed by atoms with van der Waals surface area (Å²) in [6.45, 7) is 9.63. The molecule has 0 aromatic heterocycles. The molecule has 64 heavy (non-hydrogen) atoms. The van der Waals surface area contributed by atoms with Crippen LogP contribution in [-0.2, 0) is 44.9 Å². The lowest BCUT2D eigenvalue weighted by molar-refractivity contribution is 0.0211. The fraction of sp³-hybridized carbons (Fsp3) is 0.250. The first-order valence-corrected chi connectivity index (χ1v) is 27.7. The third-order valence-corrected chi connectivity index (χ3v) is 16.1. The maximum atomic E-state index is 6.30. The van der Waals surface area contributed by atoms with E-state index in [1.807, 2.05) is 57.2 Å². The van der Waals surface area contributed by atoms with Crippen LogP contribution in [0.15, 0.2) is 124 Å².